The summed E-state index contributed by atoms with van der Waals surface area (Å²) in [7, 11) is 1.95. The zero-order valence-electron chi connectivity index (χ0n) is 9.93. The normalized spacial score (nSPS) is 12.2. The smallest absolute Gasteiger partial charge is 0.127 e. The summed E-state index contributed by atoms with van der Waals surface area (Å²) < 4.78 is 14.4. The van der Waals surface area contributed by atoms with Crippen LogP contribution in [0.25, 0.3) is 0 Å². The Morgan fingerprint density at radius 1 is 1.44 bits per heavy atom. The molecule has 1 rings (SSSR count). The molecule has 0 fully saturated rings. The summed E-state index contributed by atoms with van der Waals surface area (Å²) in [5.74, 6) is -0.178. The first-order valence-corrected chi connectivity index (χ1v) is 6.01. The monoisotopic (exact) mass is 288 g/mol. The molecule has 0 bridgehead atoms. The van der Waals surface area contributed by atoms with Crippen molar-refractivity contribution < 1.29 is 4.39 Å². The molecule has 0 amide bonds. The number of likely N-dealkylation sites (N-methyl/N-ethyl adjacent to an activating group) is 1. The van der Waals surface area contributed by atoms with Gasteiger partial charge in [0.1, 0.15) is 5.82 Å². The molecule has 0 unspecified atom stereocenters. The van der Waals surface area contributed by atoms with Crippen molar-refractivity contribution in [3.63, 3.8) is 0 Å². The highest BCUT2D eigenvalue weighted by Gasteiger charge is 2.22. The third kappa shape index (κ3) is 3.27. The van der Waals surface area contributed by atoms with Crippen LogP contribution in [-0.2, 0) is 6.54 Å². The first-order chi connectivity index (χ1) is 7.36. The van der Waals surface area contributed by atoms with E-state index in [2.05, 4.69) is 20.8 Å². The molecule has 2 nitrogen and oxygen atoms in total. The van der Waals surface area contributed by atoms with Gasteiger partial charge in [-0.1, -0.05) is 15.9 Å². The number of nitrogens with two attached hydrogens (primary N) is 1. The van der Waals surface area contributed by atoms with E-state index >= 15 is 0 Å². The standard InChI is InChI=1S/C12H18BrFN2/c1-12(2,8-15)16(3)7-9-6-10(13)4-5-11(9)14/h4-6H,7-8,15H2,1-3H3. The number of benzene rings is 1. The quantitative estimate of drug-likeness (QED) is 0.923. The second-order valence-electron chi connectivity index (χ2n) is 4.61. The van der Waals surface area contributed by atoms with Crippen molar-refractivity contribution in [1.82, 2.24) is 4.90 Å². The largest absolute Gasteiger partial charge is 0.329 e. The van der Waals surface area contributed by atoms with Gasteiger partial charge in [-0.05, 0) is 39.1 Å². The van der Waals surface area contributed by atoms with Gasteiger partial charge in [-0.2, -0.15) is 0 Å². The van der Waals surface area contributed by atoms with Crippen LogP contribution < -0.4 is 5.73 Å². The topological polar surface area (TPSA) is 29.3 Å². The van der Waals surface area contributed by atoms with E-state index in [1.165, 1.54) is 6.07 Å². The van der Waals surface area contributed by atoms with Crippen LogP contribution in [-0.4, -0.2) is 24.0 Å². The maximum absolute atomic E-state index is 13.5. The maximum Gasteiger partial charge on any atom is 0.127 e. The van der Waals surface area contributed by atoms with Crippen LogP contribution in [0, 0.1) is 5.82 Å². The highest BCUT2D eigenvalue weighted by molar-refractivity contribution is 9.10. The molecule has 1 aromatic rings. The van der Waals surface area contributed by atoms with Gasteiger partial charge in [0.2, 0.25) is 0 Å². The first-order valence-electron chi connectivity index (χ1n) is 5.22. The Morgan fingerprint density at radius 3 is 2.62 bits per heavy atom. The van der Waals surface area contributed by atoms with E-state index in [1.54, 1.807) is 12.1 Å². The fourth-order valence-electron chi connectivity index (χ4n) is 1.29. The van der Waals surface area contributed by atoms with E-state index in [9.17, 15) is 4.39 Å². The number of rotatable bonds is 4. The average molecular weight is 289 g/mol. The molecule has 0 saturated heterocycles. The van der Waals surface area contributed by atoms with Gasteiger partial charge in [0.15, 0.2) is 0 Å². The molecule has 0 heterocycles. The summed E-state index contributed by atoms with van der Waals surface area (Å²) in [5, 5.41) is 0. The molecule has 0 spiro atoms. The molecule has 90 valence electrons. The summed E-state index contributed by atoms with van der Waals surface area (Å²) in [4.78, 5) is 2.05. The molecule has 4 heteroatoms. The molecule has 0 saturated carbocycles. The van der Waals surface area contributed by atoms with Crippen LogP contribution in [0.1, 0.15) is 19.4 Å². The average Bonchev–Trinajstić information content (AvgIpc) is 2.23. The first kappa shape index (κ1) is 13.6. The molecular weight excluding hydrogens is 271 g/mol. The van der Waals surface area contributed by atoms with Crippen LogP contribution >= 0.6 is 15.9 Å². The summed E-state index contributed by atoms with van der Waals surface area (Å²) >= 11 is 3.34. The van der Waals surface area contributed by atoms with Gasteiger partial charge in [-0.25, -0.2) is 4.39 Å². The van der Waals surface area contributed by atoms with Crippen molar-refractivity contribution in [3.05, 3.63) is 34.1 Å². The van der Waals surface area contributed by atoms with Crippen molar-refractivity contribution in [3.8, 4) is 0 Å². The summed E-state index contributed by atoms with van der Waals surface area (Å²) in [5.41, 5.74) is 6.23. The number of halogens is 2. The van der Waals surface area contributed by atoms with E-state index < -0.39 is 0 Å². The van der Waals surface area contributed by atoms with Crippen LogP contribution in [0.3, 0.4) is 0 Å². The fraction of sp³-hybridized carbons (Fsp3) is 0.500. The lowest BCUT2D eigenvalue weighted by Crippen LogP contribution is -2.46. The summed E-state index contributed by atoms with van der Waals surface area (Å²) in [6, 6.07) is 4.98. The SMILES string of the molecule is CN(Cc1cc(Br)ccc1F)C(C)(C)CN. The lowest BCUT2D eigenvalue weighted by Gasteiger charge is -2.34. The second-order valence-corrected chi connectivity index (χ2v) is 5.52. The number of nitrogens with zero attached hydrogens (tertiary/aromatic N) is 1. The molecule has 0 aliphatic heterocycles. The minimum Gasteiger partial charge on any atom is -0.329 e. The highest BCUT2D eigenvalue weighted by atomic mass is 79.9. The lowest BCUT2D eigenvalue weighted by atomic mass is 10.0. The third-order valence-electron chi connectivity index (χ3n) is 2.95. The molecule has 16 heavy (non-hydrogen) atoms. The van der Waals surface area contributed by atoms with Gasteiger partial charge >= 0.3 is 0 Å². The van der Waals surface area contributed by atoms with Gasteiger partial charge in [-0.15, -0.1) is 0 Å². The van der Waals surface area contributed by atoms with Crippen LogP contribution in [0.2, 0.25) is 0 Å². The van der Waals surface area contributed by atoms with Gasteiger partial charge in [0, 0.05) is 28.7 Å². The van der Waals surface area contributed by atoms with Gasteiger partial charge in [0.25, 0.3) is 0 Å². The van der Waals surface area contributed by atoms with E-state index in [-0.39, 0.29) is 11.4 Å². The number of hydrogen-bond donors (Lipinski definition) is 1. The van der Waals surface area contributed by atoms with Gasteiger partial charge < -0.3 is 5.73 Å². The highest BCUT2D eigenvalue weighted by Crippen LogP contribution is 2.20. The summed E-state index contributed by atoms with van der Waals surface area (Å²) in [6.45, 7) is 5.18. The van der Waals surface area contributed by atoms with Gasteiger partial charge in [0.05, 0.1) is 0 Å². The zero-order valence-corrected chi connectivity index (χ0v) is 11.5. The van der Waals surface area contributed by atoms with Crippen molar-refractivity contribution in [2.24, 2.45) is 5.73 Å². The van der Waals surface area contributed by atoms with Gasteiger partial charge in [-0.3, -0.25) is 4.90 Å². The molecule has 2 N–H and O–H groups in total. The minimum atomic E-state index is -0.178. The Bertz CT molecular complexity index is 366. The van der Waals surface area contributed by atoms with E-state index in [4.69, 9.17) is 5.73 Å². The molecule has 0 atom stereocenters. The molecule has 0 aromatic heterocycles. The van der Waals surface area contributed by atoms with E-state index in [0.29, 0.717) is 18.7 Å². The third-order valence-corrected chi connectivity index (χ3v) is 3.44. The minimum absolute atomic E-state index is 0.130. The predicted octanol–water partition coefficient (Wildman–Crippen LogP) is 2.76. The second kappa shape index (κ2) is 5.25. The molecular formula is C12H18BrFN2. The van der Waals surface area contributed by atoms with Crippen LogP contribution in [0.5, 0.6) is 0 Å². The van der Waals surface area contributed by atoms with Crippen LogP contribution in [0.4, 0.5) is 4.39 Å². The van der Waals surface area contributed by atoms with Crippen molar-refractivity contribution in [1.29, 1.82) is 0 Å². The van der Waals surface area contributed by atoms with Crippen LogP contribution in [0.15, 0.2) is 22.7 Å². The lowest BCUT2D eigenvalue weighted by molar-refractivity contribution is 0.154. The molecule has 0 aliphatic rings. The maximum atomic E-state index is 13.5. The summed E-state index contributed by atoms with van der Waals surface area (Å²) in [6.07, 6.45) is 0. The Balaban J connectivity index is 2.84. The Kier molecular flexibility index (Phi) is 4.47. The van der Waals surface area contributed by atoms with E-state index in [1.807, 2.05) is 20.9 Å². The van der Waals surface area contributed by atoms with Crippen molar-refractivity contribution >= 4 is 15.9 Å². The fourth-order valence-corrected chi connectivity index (χ4v) is 1.70. The Hall–Kier alpha value is -0.450. The Morgan fingerprint density at radius 2 is 2.06 bits per heavy atom. The predicted molar refractivity (Wildman–Crippen MR) is 68.7 cm³/mol. The Labute approximate surface area is 105 Å². The number of hydrogen-bond acceptors (Lipinski definition) is 2. The molecule has 0 radical (unpaired) electrons. The van der Waals surface area contributed by atoms with Crippen molar-refractivity contribution in [2.75, 3.05) is 13.6 Å². The molecule has 0 aliphatic carbocycles. The molecule has 1 aromatic carbocycles. The van der Waals surface area contributed by atoms with E-state index in [0.717, 1.165) is 4.47 Å². The van der Waals surface area contributed by atoms with Crippen molar-refractivity contribution in [2.45, 2.75) is 25.9 Å². The zero-order chi connectivity index (χ0) is 12.3.